The zero-order valence-corrected chi connectivity index (χ0v) is 16.6. The lowest BCUT2D eigenvalue weighted by molar-refractivity contribution is -0.137. The summed E-state index contributed by atoms with van der Waals surface area (Å²) in [6.45, 7) is 0.545. The summed E-state index contributed by atoms with van der Waals surface area (Å²) in [5.74, 6) is 0.411. The summed E-state index contributed by atoms with van der Waals surface area (Å²) < 4.78 is 0.840. The maximum Gasteiger partial charge on any atom is 0.245 e. The number of aromatic nitrogens is 1. The van der Waals surface area contributed by atoms with E-state index in [1.165, 1.54) is 4.90 Å². The van der Waals surface area contributed by atoms with Gasteiger partial charge in [-0.25, -0.2) is 4.98 Å². The van der Waals surface area contributed by atoms with Crippen LogP contribution in [-0.4, -0.2) is 41.8 Å². The molecule has 0 spiro atoms. The van der Waals surface area contributed by atoms with Gasteiger partial charge in [-0.3, -0.25) is 9.59 Å². The Kier molecular flexibility index (Phi) is 10.5. The molecule has 1 aliphatic carbocycles. The average Bonchev–Trinajstić information content (AvgIpc) is 2.97. The molecule has 0 radical (unpaired) electrons. The number of amides is 2. The number of pyridine rings is 1. The van der Waals surface area contributed by atoms with E-state index < -0.39 is 0 Å². The molecule has 0 aliphatic heterocycles. The van der Waals surface area contributed by atoms with Gasteiger partial charge < -0.3 is 16.0 Å². The van der Waals surface area contributed by atoms with Crippen LogP contribution in [0.25, 0.3) is 0 Å². The van der Waals surface area contributed by atoms with Crippen molar-refractivity contribution in [2.45, 2.75) is 19.3 Å². The maximum atomic E-state index is 12.4. The Hall–Kier alpha value is -0.890. The predicted molar refractivity (Wildman–Crippen MR) is 103 cm³/mol. The van der Waals surface area contributed by atoms with E-state index in [4.69, 9.17) is 5.73 Å². The molecule has 1 aromatic heterocycles. The Morgan fingerprint density at radius 2 is 2.08 bits per heavy atom. The fraction of sp³-hybridized carbons (Fsp3) is 0.533. The molecule has 9 heteroatoms. The number of nitrogens with zero attached hydrogens (tertiary/aromatic N) is 2. The van der Waals surface area contributed by atoms with E-state index in [9.17, 15) is 9.59 Å². The number of anilines is 1. The van der Waals surface area contributed by atoms with Crippen molar-refractivity contribution in [3.05, 3.63) is 22.8 Å². The molecular formula is C15H23BrCl2N4O2. The van der Waals surface area contributed by atoms with Crippen LogP contribution < -0.4 is 11.1 Å². The largest absolute Gasteiger partial charge is 0.336 e. The van der Waals surface area contributed by atoms with Crippen molar-refractivity contribution in [3.8, 4) is 0 Å². The summed E-state index contributed by atoms with van der Waals surface area (Å²) in [6, 6.07) is 3.49. The minimum absolute atomic E-state index is 0. The normalized spacial score (nSPS) is 19.0. The Morgan fingerprint density at radius 3 is 2.67 bits per heavy atom. The van der Waals surface area contributed by atoms with Gasteiger partial charge in [0, 0.05) is 23.6 Å². The molecule has 0 aromatic carbocycles. The Labute approximate surface area is 162 Å². The van der Waals surface area contributed by atoms with Gasteiger partial charge in [-0.15, -0.1) is 24.8 Å². The first kappa shape index (κ1) is 23.1. The minimum atomic E-state index is -0.257. The molecule has 2 rings (SSSR count). The molecule has 1 aromatic rings. The second-order valence-electron chi connectivity index (χ2n) is 5.64. The van der Waals surface area contributed by atoms with Gasteiger partial charge >= 0.3 is 0 Å². The van der Waals surface area contributed by atoms with Crippen LogP contribution in [0.15, 0.2) is 22.8 Å². The second kappa shape index (κ2) is 10.9. The standard InChI is InChI=1S/C15H21BrN4O2.2ClH/c1-20(15(22)12-4-2-3-10(12)7-17)9-14(21)19-13-6-5-11(16)8-18-13;;/h5-6,8,10,12H,2-4,7,9,17H2,1H3,(H,18,19,21);2*1H/t10-,12-;;/m1../s1. The van der Waals surface area contributed by atoms with Crippen molar-refractivity contribution >= 4 is 58.4 Å². The van der Waals surface area contributed by atoms with Gasteiger partial charge in [0.1, 0.15) is 5.82 Å². The fourth-order valence-corrected chi connectivity index (χ4v) is 3.09. The van der Waals surface area contributed by atoms with Gasteiger partial charge in [0.15, 0.2) is 0 Å². The van der Waals surface area contributed by atoms with Crippen LogP contribution in [0.3, 0.4) is 0 Å². The predicted octanol–water partition coefficient (Wildman–Crippen LogP) is 2.46. The van der Waals surface area contributed by atoms with Gasteiger partial charge in [0.25, 0.3) is 0 Å². The van der Waals surface area contributed by atoms with E-state index in [1.807, 2.05) is 0 Å². The van der Waals surface area contributed by atoms with Gasteiger partial charge in [-0.1, -0.05) is 6.42 Å². The Morgan fingerprint density at radius 1 is 1.38 bits per heavy atom. The van der Waals surface area contributed by atoms with Gasteiger partial charge in [0.05, 0.1) is 6.54 Å². The van der Waals surface area contributed by atoms with Crippen LogP contribution in [0.1, 0.15) is 19.3 Å². The molecule has 0 bridgehead atoms. The van der Waals surface area contributed by atoms with Crippen molar-refractivity contribution in [1.82, 2.24) is 9.88 Å². The summed E-state index contributed by atoms with van der Waals surface area (Å²) in [5.41, 5.74) is 5.72. The van der Waals surface area contributed by atoms with Crippen LogP contribution >= 0.6 is 40.7 Å². The number of hydrogen-bond acceptors (Lipinski definition) is 4. The number of hydrogen-bond donors (Lipinski definition) is 2. The summed E-state index contributed by atoms with van der Waals surface area (Å²) in [6.07, 6.45) is 4.49. The first-order chi connectivity index (χ1) is 10.5. The van der Waals surface area contributed by atoms with Gasteiger partial charge in [0.2, 0.25) is 11.8 Å². The van der Waals surface area contributed by atoms with Crippen LogP contribution in [0, 0.1) is 11.8 Å². The molecule has 1 aliphatic rings. The molecule has 6 nitrogen and oxygen atoms in total. The number of nitrogens with two attached hydrogens (primary N) is 1. The monoisotopic (exact) mass is 440 g/mol. The van der Waals surface area contributed by atoms with E-state index in [1.54, 1.807) is 25.4 Å². The van der Waals surface area contributed by atoms with E-state index in [0.29, 0.717) is 12.4 Å². The van der Waals surface area contributed by atoms with Crippen molar-refractivity contribution in [1.29, 1.82) is 0 Å². The number of likely N-dealkylation sites (N-methyl/N-ethyl adjacent to an activating group) is 1. The first-order valence-corrected chi connectivity index (χ1v) is 8.17. The molecule has 3 N–H and O–H groups in total. The third kappa shape index (κ3) is 6.20. The van der Waals surface area contributed by atoms with E-state index in [-0.39, 0.29) is 55.0 Å². The zero-order chi connectivity index (χ0) is 16.1. The lowest BCUT2D eigenvalue weighted by atomic mass is 9.95. The lowest BCUT2D eigenvalue weighted by Gasteiger charge is -2.24. The van der Waals surface area contributed by atoms with Crippen molar-refractivity contribution in [2.24, 2.45) is 17.6 Å². The molecule has 0 unspecified atom stereocenters. The molecular weight excluding hydrogens is 419 g/mol. The smallest absolute Gasteiger partial charge is 0.245 e. The second-order valence-corrected chi connectivity index (χ2v) is 6.55. The highest BCUT2D eigenvalue weighted by atomic mass is 79.9. The van der Waals surface area contributed by atoms with E-state index in [2.05, 4.69) is 26.2 Å². The number of rotatable bonds is 5. The van der Waals surface area contributed by atoms with Crippen LogP contribution in [-0.2, 0) is 9.59 Å². The molecule has 2 amide bonds. The summed E-state index contributed by atoms with van der Waals surface area (Å²) >= 11 is 3.28. The van der Waals surface area contributed by atoms with E-state index >= 15 is 0 Å². The van der Waals surface area contributed by atoms with Crippen LogP contribution in [0.5, 0.6) is 0 Å². The Balaban J connectivity index is 0.00000264. The third-order valence-electron chi connectivity index (χ3n) is 4.03. The number of halogens is 3. The zero-order valence-electron chi connectivity index (χ0n) is 13.4. The quantitative estimate of drug-likeness (QED) is 0.734. The minimum Gasteiger partial charge on any atom is -0.336 e. The van der Waals surface area contributed by atoms with Crippen LogP contribution in [0.2, 0.25) is 0 Å². The molecule has 1 fully saturated rings. The van der Waals surface area contributed by atoms with E-state index in [0.717, 1.165) is 23.7 Å². The van der Waals surface area contributed by atoms with Gasteiger partial charge in [-0.05, 0) is 53.4 Å². The first-order valence-electron chi connectivity index (χ1n) is 7.37. The number of carbonyl (C=O) groups is 2. The number of carbonyl (C=O) groups excluding carboxylic acids is 2. The molecule has 1 saturated carbocycles. The lowest BCUT2D eigenvalue weighted by Crippen LogP contribution is -2.40. The van der Waals surface area contributed by atoms with Crippen molar-refractivity contribution < 1.29 is 9.59 Å². The maximum absolute atomic E-state index is 12.4. The molecule has 2 atom stereocenters. The van der Waals surface area contributed by atoms with Crippen LogP contribution in [0.4, 0.5) is 5.82 Å². The fourth-order valence-electron chi connectivity index (χ4n) is 2.85. The van der Waals surface area contributed by atoms with Crippen molar-refractivity contribution in [2.75, 3.05) is 25.5 Å². The molecule has 136 valence electrons. The Bertz CT molecular complexity index is 545. The van der Waals surface area contributed by atoms with Gasteiger partial charge in [-0.2, -0.15) is 0 Å². The molecule has 1 heterocycles. The van der Waals surface area contributed by atoms with Crippen molar-refractivity contribution in [3.63, 3.8) is 0 Å². The average molecular weight is 442 g/mol. The highest BCUT2D eigenvalue weighted by Gasteiger charge is 2.34. The molecule has 0 saturated heterocycles. The summed E-state index contributed by atoms with van der Waals surface area (Å²) in [4.78, 5) is 30.0. The number of nitrogens with one attached hydrogen (secondary N) is 1. The summed E-state index contributed by atoms with van der Waals surface area (Å²) in [5, 5.41) is 2.68. The highest BCUT2D eigenvalue weighted by molar-refractivity contribution is 9.10. The SMILES string of the molecule is CN(CC(=O)Nc1ccc(Br)cn1)C(=O)[C@@H]1CCC[C@@H]1CN.Cl.Cl. The molecule has 24 heavy (non-hydrogen) atoms. The topological polar surface area (TPSA) is 88.3 Å². The highest BCUT2D eigenvalue weighted by Crippen LogP contribution is 2.32. The summed E-state index contributed by atoms with van der Waals surface area (Å²) in [7, 11) is 1.66. The third-order valence-corrected chi connectivity index (χ3v) is 4.50.